The molecule has 4 unspecified atom stereocenters. The van der Waals surface area contributed by atoms with Crippen molar-refractivity contribution in [2.45, 2.75) is 92.8 Å². The second-order valence-electron chi connectivity index (χ2n) is 9.88. The van der Waals surface area contributed by atoms with Crippen LogP contribution in [0.15, 0.2) is 0 Å². The lowest BCUT2D eigenvalue weighted by Gasteiger charge is -2.39. The van der Waals surface area contributed by atoms with Crippen molar-refractivity contribution in [3.05, 3.63) is 0 Å². The normalized spacial score (nSPS) is 32.1. The molecule has 0 radical (unpaired) electrons. The van der Waals surface area contributed by atoms with Crippen LogP contribution in [0, 0.1) is 28.6 Å². The SMILES string of the molecule is CCC(C)(C)C(=O)OC1CC2CC1CC2(C)C(=O)OC(C)(C)C(C)C. The molecule has 2 rings (SSSR count). The van der Waals surface area contributed by atoms with E-state index < -0.39 is 16.4 Å². The Balaban J connectivity index is 2.00. The zero-order chi connectivity index (χ0) is 19.2. The van der Waals surface area contributed by atoms with Gasteiger partial charge in [0.25, 0.3) is 0 Å². The molecular weight excluding hydrogens is 316 g/mol. The van der Waals surface area contributed by atoms with Gasteiger partial charge < -0.3 is 9.47 Å². The first kappa shape index (κ1) is 20.3. The minimum absolute atomic E-state index is 0.0395. The summed E-state index contributed by atoms with van der Waals surface area (Å²) in [5, 5.41) is 0. The van der Waals surface area contributed by atoms with Crippen LogP contribution in [0.3, 0.4) is 0 Å². The first-order valence-corrected chi connectivity index (χ1v) is 9.78. The zero-order valence-electron chi connectivity index (χ0n) is 17.3. The van der Waals surface area contributed by atoms with Gasteiger partial charge in [0.15, 0.2) is 0 Å². The van der Waals surface area contributed by atoms with Crippen LogP contribution in [0.25, 0.3) is 0 Å². The van der Waals surface area contributed by atoms with E-state index in [1.165, 1.54) is 0 Å². The van der Waals surface area contributed by atoms with E-state index in [0.717, 1.165) is 25.7 Å². The number of hydrogen-bond acceptors (Lipinski definition) is 4. The maximum Gasteiger partial charge on any atom is 0.312 e. The third-order valence-corrected chi connectivity index (χ3v) is 7.12. The first-order chi connectivity index (χ1) is 11.3. The van der Waals surface area contributed by atoms with Crippen molar-refractivity contribution in [2.75, 3.05) is 0 Å². The summed E-state index contributed by atoms with van der Waals surface area (Å²) in [6, 6.07) is 0. The molecule has 2 saturated carbocycles. The highest BCUT2D eigenvalue weighted by Crippen LogP contribution is 2.57. The molecule has 2 bridgehead atoms. The van der Waals surface area contributed by atoms with Crippen LogP contribution < -0.4 is 0 Å². The van der Waals surface area contributed by atoms with Crippen LogP contribution in [0.4, 0.5) is 0 Å². The lowest BCUT2D eigenvalue weighted by Crippen LogP contribution is -2.44. The predicted molar refractivity (Wildman–Crippen MR) is 97.9 cm³/mol. The molecule has 0 aromatic rings. The molecule has 0 spiro atoms. The van der Waals surface area contributed by atoms with Crippen molar-refractivity contribution in [1.29, 1.82) is 0 Å². The van der Waals surface area contributed by atoms with Crippen molar-refractivity contribution >= 4 is 11.9 Å². The molecule has 25 heavy (non-hydrogen) atoms. The number of fused-ring (bicyclic) bond motifs is 2. The van der Waals surface area contributed by atoms with Crippen LogP contribution >= 0.6 is 0 Å². The minimum atomic E-state index is -0.459. The molecule has 0 N–H and O–H groups in total. The van der Waals surface area contributed by atoms with Gasteiger partial charge in [0.05, 0.1) is 10.8 Å². The molecule has 0 aromatic carbocycles. The number of hydrogen-bond donors (Lipinski definition) is 0. The van der Waals surface area contributed by atoms with Crippen LogP contribution in [-0.4, -0.2) is 23.6 Å². The molecule has 4 atom stereocenters. The van der Waals surface area contributed by atoms with E-state index in [1.54, 1.807) is 0 Å². The average molecular weight is 353 g/mol. The van der Waals surface area contributed by atoms with Gasteiger partial charge in [0.2, 0.25) is 0 Å². The van der Waals surface area contributed by atoms with Gasteiger partial charge in [-0.15, -0.1) is 0 Å². The van der Waals surface area contributed by atoms with E-state index in [-0.39, 0.29) is 35.8 Å². The molecule has 144 valence electrons. The third kappa shape index (κ3) is 3.73. The van der Waals surface area contributed by atoms with E-state index in [2.05, 4.69) is 13.8 Å². The molecule has 0 amide bonds. The maximum atomic E-state index is 12.9. The van der Waals surface area contributed by atoms with Crippen LogP contribution in [0.2, 0.25) is 0 Å². The third-order valence-electron chi connectivity index (χ3n) is 7.12. The van der Waals surface area contributed by atoms with Crippen LogP contribution in [-0.2, 0) is 19.1 Å². The molecule has 4 heteroatoms. The summed E-state index contributed by atoms with van der Waals surface area (Å²) in [6.07, 6.45) is 3.22. The van der Waals surface area contributed by atoms with Gasteiger partial charge in [-0.3, -0.25) is 9.59 Å². The van der Waals surface area contributed by atoms with Gasteiger partial charge in [-0.2, -0.15) is 0 Å². The molecule has 2 aliphatic rings. The highest BCUT2D eigenvalue weighted by molar-refractivity contribution is 5.78. The summed E-state index contributed by atoms with van der Waals surface area (Å²) in [6.45, 7) is 16.0. The summed E-state index contributed by atoms with van der Waals surface area (Å²) >= 11 is 0. The largest absolute Gasteiger partial charge is 0.462 e. The number of esters is 2. The number of carbonyl (C=O) groups is 2. The second-order valence-corrected chi connectivity index (χ2v) is 9.88. The first-order valence-electron chi connectivity index (χ1n) is 9.78. The van der Waals surface area contributed by atoms with E-state index in [1.807, 2.05) is 41.5 Å². The van der Waals surface area contributed by atoms with Gasteiger partial charge in [0.1, 0.15) is 11.7 Å². The van der Waals surface area contributed by atoms with Crippen molar-refractivity contribution in [1.82, 2.24) is 0 Å². The maximum absolute atomic E-state index is 12.9. The molecule has 4 nitrogen and oxygen atoms in total. The fraction of sp³-hybridized carbons (Fsp3) is 0.905. The number of ether oxygens (including phenoxy) is 2. The quantitative estimate of drug-likeness (QED) is 0.647. The predicted octanol–water partition coefficient (Wildman–Crippen LogP) is 4.75. The molecular formula is C21H36O4. The molecule has 0 aromatic heterocycles. The summed E-state index contributed by atoms with van der Waals surface area (Å²) in [5.41, 5.74) is -1.34. The van der Waals surface area contributed by atoms with Crippen LogP contribution in [0.1, 0.15) is 81.1 Å². The summed E-state index contributed by atoms with van der Waals surface area (Å²) in [5.74, 6) is 0.593. The number of rotatable bonds is 6. The molecule has 0 heterocycles. The van der Waals surface area contributed by atoms with E-state index in [0.29, 0.717) is 0 Å². The molecule has 0 saturated heterocycles. The Morgan fingerprint density at radius 3 is 2.20 bits per heavy atom. The molecule has 2 aliphatic carbocycles. The summed E-state index contributed by atoms with van der Waals surface area (Å²) in [7, 11) is 0. The summed E-state index contributed by atoms with van der Waals surface area (Å²) < 4.78 is 11.7. The fourth-order valence-electron chi connectivity index (χ4n) is 3.84. The van der Waals surface area contributed by atoms with Gasteiger partial charge in [-0.25, -0.2) is 0 Å². The Labute approximate surface area is 153 Å². The van der Waals surface area contributed by atoms with Crippen molar-refractivity contribution in [3.63, 3.8) is 0 Å². The topological polar surface area (TPSA) is 52.6 Å². The Kier molecular flexibility index (Phi) is 5.34. The standard InChI is InChI=1S/C21H36O4/c1-9-19(4,5)17(22)24-16-11-15-10-14(16)12-21(15,8)18(23)25-20(6,7)13(2)3/h13-16H,9-12H2,1-8H3. The highest BCUT2D eigenvalue weighted by atomic mass is 16.6. The Hall–Kier alpha value is -1.06. The second kappa shape index (κ2) is 6.59. The smallest absolute Gasteiger partial charge is 0.312 e. The van der Waals surface area contributed by atoms with Crippen molar-refractivity contribution < 1.29 is 19.1 Å². The van der Waals surface area contributed by atoms with Crippen molar-refractivity contribution in [2.24, 2.45) is 28.6 Å². The summed E-state index contributed by atoms with van der Waals surface area (Å²) in [4.78, 5) is 25.3. The van der Waals surface area contributed by atoms with E-state index >= 15 is 0 Å². The van der Waals surface area contributed by atoms with Crippen LogP contribution in [0.5, 0.6) is 0 Å². The average Bonchev–Trinajstić information content (AvgIpc) is 3.04. The Morgan fingerprint density at radius 2 is 1.76 bits per heavy atom. The Morgan fingerprint density at radius 1 is 1.16 bits per heavy atom. The highest BCUT2D eigenvalue weighted by Gasteiger charge is 2.59. The van der Waals surface area contributed by atoms with E-state index in [4.69, 9.17) is 9.47 Å². The molecule has 0 aliphatic heterocycles. The lowest BCUT2D eigenvalue weighted by atomic mass is 9.73. The van der Waals surface area contributed by atoms with Gasteiger partial charge in [-0.05, 0) is 78.1 Å². The number of carbonyl (C=O) groups excluding carboxylic acids is 2. The van der Waals surface area contributed by atoms with Gasteiger partial charge in [-0.1, -0.05) is 20.8 Å². The van der Waals surface area contributed by atoms with Gasteiger partial charge >= 0.3 is 11.9 Å². The monoisotopic (exact) mass is 352 g/mol. The Bertz CT molecular complexity index is 534. The molecule has 2 fully saturated rings. The van der Waals surface area contributed by atoms with Gasteiger partial charge in [0, 0.05) is 0 Å². The fourth-order valence-corrected chi connectivity index (χ4v) is 3.84. The zero-order valence-corrected chi connectivity index (χ0v) is 17.3. The van der Waals surface area contributed by atoms with E-state index in [9.17, 15) is 9.59 Å². The lowest BCUT2D eigenvalue weighted by molar-refractivity contribution is -0.178. The minimum Gasteiger partial charge on any atom is -0.462 e. The van der Waals surface area contributed by atoms with Crippen molar-refractivity contribution in [3.8, 4) is 0 Å².